The third kappa shape index (κ3) is 2.29. The molecular formula is C10H13ClF6N2. The molecule has 0 amide bonds. The summed E-state index contributed by atoms with van der Waals surface area (Å²) in [5.74, 6) is -15.6. The highest BCUT2D eigenvalue weighted by atomic mass is 35.5. The molecule has 0 saturated carbocycles. The first-order valence-electron chi connectivity index (χ1n) is 5.41. The van der Waals surface area contributed by atoms with Crippen LogP contribution in [0.25, 0.3) is 0 Å². The maximum absolute atomic E-state index is 13.5. The third-order valence-corrected chi connectivity index (χ3v) is 3.29. The van der Waals surface area contributed by atoms with Crippen molar-refractivity contribution in [3.63, 3.8) is 0 Å². The summed E-state index contributed by atoms with van der Waals surface area (Å²) in [5.41, 5.74) is -1.51. The van der Waals surface area contributed by atoms with Crippen molar-refractivity contribution in [3.8, 4) is 0 Å². The molecular weight excluding hydrogens is 298 g/mol. The van der Waals surface area contributed by atoms with Gasteiger partial charge in [0.2, 0.25) is 0 Å². The fraction of sp³-hybridized carbons (Fsp3) is 0.800. The van der Waals surface area contributed by atoms with E-state index in [0.29, 0.717) is 17.9 Å². The van der Waals surface area contributed by atoms with Crippen LogP contribution >= 0.6 is 11.6 Å². The van der Waals surface area contributed by atoms with Crippen LogP contribution < -0.4 is 5.32 Å². The molecule has 0 bridgehead atoms. The second-order valence-electron chi connectivity index (χ2n) is 4.26. The monoisotopic (exact) mass is 310 g/mol. The molecule has 9 heteroatoms. The summed E-state index contributed by atoms with van der Waals surface area (Å²) in [6.07, 6.45) is 0.313. The predicted molar refractivity (Wildman–Crippen MR) is 58.9 cm³/mol. The molecule has 112 valence electrons. The van der Waals surface area contributed by atoms with Gasteiger partial charge >= 0.3 is 17.8 Å². The summed E-state index contributed by atoms with van der Waals surface area (Å²) in [7, 11) is 2.64. The van der Waals surface area contributed by atoms with E-state index in [1.807, 2.05) is 0 Å². The van der Waals surface area contributed by atoms with Crippen LogP contribution in [0.3, 0.4) is 0 Å². The number of nitrogens with zero attached hydrogens (tertiary/aromatic N) is 1. The highest BCUT2D eigenvalue weighted by molar-refractivity contribution is 6.31. The molecule has 0 unspecified atom stereocenters. The van der Waals surface area contributed by atoms with Gasteiger partial charge in [0.1, 0.15) is 10.7 Å². The summed E-state index contributed by atoms with van der Waals surface area (Å²) >= 11 is 5.06. The van der Waals surface area contributed by atoms with Gasteiger partial charge in [0.05, 0.1) is 0 Å². The van der Waals surface area contributed by atoms with Crippen LogP contribution in [0.2, 0.25) is 0 Å². The van der Waals surface area contributed by atoms with Gasteiger partial charge in [-0.1, -0.05) is 11.6 Å². The van der Waals surface area contributed by atoms with Gasteiger partial charge in [-0.05, 0) is 20.0 Å². The van der Waals surface area contributed by atoms with Crippen molar-refractivity contribution in [1.82, 2.24) is 10.2 Å². The van der Waals surface area contributed by atoms with Gasteiger partial charge in [-0.2, -0.15) is 26.3 Å². The summed E-state index contributed by atoms with van der Waals surface area (Å²) in [5, 5.41) is 0.922. The molecule has 1 aliphatic carbocycles. The van der Waals surface area contributed by atoms with Gasteiger partial charge in [-0.3, -0.25) is 0 Å². The zero-order valence-electron chi connectivity index (χ0n) is 10.2. The Bertz CT molecular complexity index is 382. The van der Waals surface area contributed by atoms with E-state index in [0.717, 1.165) is 7.05 Å². The molecule has 0 aromatic carbocycles. The van der Waals surface area contributed by atoms with Gasteiger partial charge in [0.25, 0.3) is 0 Å². The first kappa shape index (κ1) is 16.4. The molecule has 0 heterocycles. The lowest BCUT2D eigenvalue weighted by Crippen LogP contribution is -2.50. The molecule has 1 rings (SSSR count). The number of hydrogen-bond acceptors (Lipinski definition) is 2. The minimum absolute atomic E-state index is 0.103. The van der Waals surface area contributed by atoms with E-state index in [1.54, 1.807) is 7.05 Å². The molecule has 0 aromatic heterocycles. The van der Waals surface area contributed by atoms with Crippen molar-refractivity contribution in [2.24, 2.45) is 0 Å². The number of alkyl halides is 6. The topological polar surface area (TPSA) is 15.3 Å². The Kier molecular flexibility index (Phi) is 4.36. The predicted octanol–water partition coefficient (Wildman–Crippen LogP) is 2.90. The van der Waals surface area contributed by atoms with Crippen LogP contribution in [0.5, 0.6) is 0 Å². The van der Waals surface area contributed by atoms with Crippen LogP contribution in [-0.2, 0) is 0 Å². The summed E-state index contributed by atoms with van der Waals surface area (Å²) in [6.45, 7) is 0.321. The fourth-order valence-corrected chi connectivity index (χ4v) is 2.16. The average Bonchev–Trinajstić information content (AvgIpc) is 2.36. The highest BCUT2D eigenvalue weighted by Crippen LogP contribution is 2.60. The number of hydrogen-bond donors (Lipinski definition) is 1. The fourth-order valence-electron chi connectivity index (χ4n) is 1.78. The number of rotatable bonds is 5. The molecule has 0 aliphatic heterocycles. The van der Waals surface area contributed by atoms with Crippen LogP contribution in [0.1, 0.15) is 6.42 Å². The number of halogens is 7. The Morgan fingerprint density at radius 1 is 1.11 bits per heavy atom. The van der Waals surface area contributed by atoms with Gasteiger partial charge in [-0.15, -0.1) is 0 Å². The zero-order chi connectivity index (χ0) is 15.1. The Morgan fingerprint density at radius 3 is 2.00 bits per heavy atom. The highest BCUT2D eigenvalue weighted by Gasteiger charge is 2.80. The second-order valence-corrected chi connectivity index (χ2v) is 4.64. The summed E-state index contributed by atoms with van der Waals surface area (Å²) in [6, 6.07) is 0. The maximum Gasteiger partial charge on any atom is 0.383 e. The van der Waals surface area contributed by atoms with Crippen molar-refractivity contribution in [2.45, 2.75) is 24.2 Å². The third-order valence-electron chi connectivity index (χ3n) is 2.87. The smallest absolute Gasteiger partial charge is 0.372 e. The maximum atomic E-state index is 13.5. The molecule has 2 nitrogen and oxygen atoms in total. The van der Waals surface area contributed by atoms with E-state index >= 15 is 0 Å². The van der Waals surface area contributed by atoms with Crippen molar-refractivity contribution in [3.05, 3.63) is 10.7 Å². The van der Waals surface area contributed by atoms with E-state index in [-0.39, 0.29) is 6.54 Å². The van der Waals surface area contributed by atoms with Crippen LogP contribution in [0.15, 0.2) is 10.7 Å². The zero-order valence-corrected chi connectivity index (χ0v) is 11.0. The van der Waals surface area contributed by atoms with Crippen molar-refractivity contribution >= 4 is 11.6 Å². The van der Waals surface area contributed by atoms with E-state index in [2.05, 4.69) is 5.32 Å². The molecule has 1 aliphatic rings. The SMILES string of the molecule is CNCCCN(C)C1=C(Cl)C(F)(F)C(F)(F)C1(F)F. The van der Waals surface area contributed by atoms with Gasteiger partial charge in [0, 0.05) is 13.6 Å². The Morgan fingerprint density at radius 2 is 1.63 bits per heavy atom. The molecule has 19 heavy (non-hydrogen) atoms. The molecule has 0 atom stereocenters. The lowest BCUT2D eigenvalue weighted by atomic mass is 10.1. The van der Waals surface area contributed by atoms with Gasteiger partial charge in [-0.25, -0.2) is 0 Å². The molecule has 0 aromatic rings. The molecule has 0 radical (unpaired) electrons. The molecule has 1 N–H and O–H groups in total. The standard InChI is InChI=1S/C10H13ClF6N2/c1-18-4-3-5-19(2)7-6(11)8(12,13)10(16,17)9(7,14)15/h18H,3-5H2,1-2H3. The van der Waals surface area contributed by atoms with Crippen molar-refractivity contribution in [2.75, 3.05) is 27.2 Å². The first-order chi connectivity index (χ1) is 8.51. The van der Waals surface area contributed by atoms with E-state index in [9.17, 15) is 26.3 Å². The number of allylic oxidation sites excluding steroid dienone is 2. The lowest BCUT2D eigenvalue weighted by Gasteiger charge is -2.28. The molecule has 0 fully saturated rings. The Balaban J connectivity index is 3.08. The van der Waals surface area contributed by atoms with Crippen LogP contribution in [0.4, 0.5) is 26.3 Å². The molecule has 0 spiro atoms. The molecule has 0 saturated heterocycles. The summed E-state index contributed by atoms with van der Waals surface area (Å²) in [4.78, 5) is 0.647. The normalized spacial score (nSPS) is 23.8. The second kappa shape index (κ2) is 5.05. The first-order valence-corrected chi connectivity index (χ1v) is 5.79. The van der Waals surface area contributed by atoms with Crippen LogP contribution in [0, 0.1) is 0 Å². The van der Waals surface area contributed by atoms with Crippen molar-refractivity contribution < 1.29 is 26.3 Å². The Labute approximate surface area is 111 Å². The number of nitrogens with one attached hydrogen (secondary N) is 1. The largest absolute Gasteiger partial charge is 0.383 e. The van der Waals surface area contributed by atoms with Gasteiger partial charge in [0.15, 0.2) is 0 Å². The minimum atomic E-state index is -5.52. The van der Waals surface area contributed by atoms with Crippen LogP contribution in [-0.4, -0.2) is 49.9 Å². The average molecular weight is 311 g/mol. The van der Waals surface area contributed by atoms with E-state index in [4.69, 9.17) is 11.6 Å². The minimum Gasteiger partial charge on any atom is -0.372 e. The van der Waals surface area contributed by atoms with Crippen molar-refractivity contribution in [1.29, 1.82) is 0 Å². The van der Waals surface area contributed by atoms with E-state index < -0.39 is 28.5 Å². The van der Waals surface area contributed by atoms with Gasteiger partial charge < -0.3 is 10.2 Å². The summed E-state index contributed by atoms with van der Waals surface area (Å²) < 4.78 is 79.4. The lowest BCUT2D eigenvalue weighted by molar-refractivity contribution is -0.266. The quantitative estimate of drug-likeness (QED) is 0.620. The van der Waals surface area contributed by atoms with E-state index in [1.165, 1.54) is 0 Å². The Hall–Kier alpha value is -0.630.